The number of hydrogen-bond acceptors (Lipinski definition) is 8. The average molecular weight is 362 g/mol. The van der Waals surface area contributed by atoms with Crippen LogP contribution in [0.25, 0.3) is 16.7 Å². The van der Waals surface area contributed by atoms with Gasteiger partial charge in [-0.25, -0.2) is 19.6 Å². The van der Waals surface area contributed by atoms with Gasteiger partial charge < -0.3 is 15.4 Å². The molecule has 0 fully saturated rings. The summed E-state index contributed by atoms with van der Waals surface area (Å²) in [4.78, 5) is 17.0. The number of anilines is 3. The van der Waals surface area contributed by atoms with Crippen molar-refractivity contribution in [1.82, 2.24) is 29.7 Å². The molecule has 0 spiro atoms. The lowest BCUT2D eigenvalue weighted by molar-refractivity contribution is 0.412. The van der Waals surface area contributed by atoms with Crippen molar-refractivity contribution in [2.75, 3.05) is 24.8 Å². The van der Waals surface area contributed by atoms with Gasteiger partial charge in [-0.2, -0.15) is 4.98 Å². The molecule has 4 aromatic rings. The van der Waals surface area contributed by atoms with Crippen LogP contribution in [0.5, 0.6) is 5.75 Å². The van der Waals surface area contributed by atoms with Crippen molar-refractivity contribution in [1.29, 1.82) is 0 Å². The van der Waals surface area contributed by atoms with Crippen molar-refractivity contribution in [3.63, 3.8) is 0 Å². The minimum atomic E-state index is 0.506. The number of ether oxygens (including phenoxy) is 1. The summed E-state index contributed by atoms with van der Waals surface area (Å²) in [5.41, 5.74) is 3.06. The van der Waals surface area contributed by atoms with Crippen LogP contribution in [0.3, 0.4) is 0 Å². The molecule has 3 aromatic heterocycles. The highest BCUT2D eigenvalue weighted by Gasteiger charge is 2.11. The van der Waals surface area contributed by atoms with Crippen LogP contribution in [-0.4, -0.2) is 43.9 Å². The Morgan fingerprint density at radius 1 is 1.15 bits per heavy atom. The monoisotopic (exact) mass is 362 g/mol. The van der Waals surface area contributed by atoms with Crippen molar-refractivity contribution >= 4 is 28.5 Å². The largest absolute Gasteiger partial charge is 0.494 e. The number of fused-ring (bicyclic) bond motifs is 1. The maximum absolute atomic E-state index is 5.49. The van der Waals surface area contributed by atoms with Gasteiger partial charge in [0.25, 0.3) is 0 Å². The Morgan fingerprint density at radius 2 is 2.04 bits per heavy atom. The number of nitrogens with one attached hydrogen (secondary N) is 2. The standard InChI is InChI=1S/C18H18N8O/c1-11-6-16(19-2)24-18(22-11)23-13-4-5-15(27-3)14(7-13)26-9-12-8-20-10-21-17(12)25-26/h4-10H,1-3H3,(H2,19,22,23,24). The first kappa shape index (κ1) is 16.7. The lowest BCUT2D eigenvalue weighted by atomic mass is 10.2. The highest BCUT2D eigenvalue weighted by Crippen LogP contribution is 2.28. The highest BCUT2D eigenvalue weighted by atomic mass is 16.5. The summed E-state index contributed by atoms with van der Waals surface area (Å²) in [6.07, 6.45) is 5.06. The molecular formula is C18H18N8O. The van der Waals surface area contributed by atoms with E-state index in [4.69, 9.17) is 4.74 Å². The number of benzene rings is 1. The minimum absolute atomic E-state index is 0.506. The van der Waals surface area contributed by atoms with Crippen LogP contribution in [-0.2, 0) is 0 Å². The van der Waals surface area contributed by atoms with Crippen LogP contribution >= 0.6 is 0 Å². The summed E-state index contributed by atoms with van der Waals surface area (Å²) in [7, 11) is 3.44. The van der Waals surface area contributed by atoms with Gasteiger partial charge in [0.05, 0.1) is 12.5 Å². The molecule has 0 aliphatic carbocycles. The summed E-state index contributed by atoms with van der Waals surface area (Å²) < 4.78 is 7.21. The van der Waals surface area contributed by atoms with Crippen LogP contribution < -0.4 is 15.4 Å². The van der Waals surface area contributed by atoms with Gasteiger partial charge in [0.2, 0.25) is 5.95 Å². The highest BCUT2D eigenvalue weighted by molar-refractivity contribution is 5.74. The summed E-state index contributed by atoms with van der Waals surface area (Å²) in [6, 6.07) is 7.56. The number of hydrogen-bond donors (Lipinski definition) is 2. The summed E-state index contributed by atoms with van der Waals surface area (Å²) in [5.74, 6) is 1.94. The molecule has 4 rings (SSSR count). The van der Waals surface area contributed by atoms with Crippen molar-refractivity contribution in [3.8, 4) is 11.4 Å². The Labute approximate surface area is 155 Å². The second kappa shape index (κ2) is 6.87. The molecule has 2 N–H and O–H groups in total. The first-order valence-electron chi connectivity index (χ1n) is 8.30. The number of aromatic nitrogens is 6. The third-order valence-corrected chi connectivity index (χ3v) is 3.97. The first-order chi connectivity index (χ1) is 13.2. The summed E-state index contributed by atoms with van der Waals surface area (Å²) in [5, 5.41) is 11.6. The van der Waals surface area contributed by atoms with Crippen LogP contribution in [0.2, 0.25) is 0 Å². The van der Waals surface area contributed by atoms with Gasteiger partial charge in [-0.15, -0.1) is 5.10 Å². The van der Waals surface area contributed by atoms with Crippen LogP contribution in [0.4, 0.5) is 17.5 Å². The molecule has 3 heterocycles. The molecule has 0 aliphatic heterocycles. The molecular weight excluding hydrogens is 344 g/mol. The van der Waals surface area contributed by atoms with Gasteiger partial charge in [0.1, 0.15) is 23.6 Å². The van der Waals surface area contributed by atoms with Gasteiger partial charge in [0.15, 0.2) is 5.65 Å². The van der Waals surface area contributed by atoms with E-state index in [1.165, 1.54) is 6.33 Å². The zero-order chi connectivity index (χ0) is 18.8. The molecule has 1 aromatic carbocycles. The smallest absolute Gasteiger partial charge is 0.229 e. The van der Waals surface area contributed by atoms with Crippen molar-refractivity contribution in [2.24, 2.45) is 0 Å². The van der Waals surface area contributed by atoms with E-state index in [0.29, 0.717) is 17.3 Å². The fourth-order valence-corrected chi connectivity index (χ4v) is 2.72. The van der Waals surface area contributed by atoms with Crippen molar-refractivity contribution in [2.45, 2.75) is 6.92 Å². The fourth-order valence-electron chi connectivity index (χ4n) is 2.72. The van der Waals surface area contributed by atoms with Gasteiger partial charge >= 0.3 is 0 Å². The predicted molar refractivity (Wildman–Crippen MR) is 103 cm³/mol. The molecule has 136 valence electrons. The molecule has 9 heteroatoms. The molecule has 0 bridgehead atoms. The molecule has 0 radical (unpaired) electrons. The summed E-state index contributed by atoms with van der Waals surface area (Å²) in [6.45, 7) is 1.92. The van der Waals surface area contributed by atoms with Crippen LogP contribution in [0.15, 0.2) is 43.0 Å². The van der Waals surface area contributed by atoms with E-state index in [1.807, 2.05) is 44.4 Å². The third kappa shape index (κ3) is 3.34. The van der Waals surface area contributed by atoms with E-state index in [9.17, 15) is 0 Å². The maximum atomic E-state index is 5.49. The average Bonchev–Trinajstić information content (AvgIpc) is 3.11. The zero-order valence-electron chi connectivity index (χ0n) is 15.1. The van der Waals surface area contributed by atoms with Gasteiger partial charge in [-0.1, -0.05) is 0 Å². The second-order valence-electron chi connectivity index (χ2n) is 5.86. The van der Waals surface area contributed by atoms with E-state index < -0.39 is 0 Å². The molecule has 0 aliphatic rings. The minimum Gasteiger partial charge on any atom is -0.494 e. The Kier molecular flexibility index (Phi) is 4.25. The van der Waals surface area contributed by atoms with Gasteiger partial charge in [-0.05, 0) is 25.1 Å². The molecule has 27 heavy (non-hydrogen) atoms. The Balaban J connectivity index is 1.73. The molecule has 0 amide bonds. The van der Waals surface area contributed by atoms with Crippen molar-refractivity contribution < 1.29 is 4.74 Å². The lowest BCUT2D eigenvalue weighted by Crippen LogP contribution is -2.04. The third-order valence-electron chi connectivity index (χ3n) is 3.97. The van der Waals surface area contributed by atoms with Crippen molar-refractivity contribution in [3.05, 3.63) is 48.7 Å². The molecule has 0 atom stereocenters. The molecule has 0 unspecified atom stereocenters. The SMILES string of the molecule is CNc1cc(C)nc(Nc2ccc(OC)c(-n3cc4cncnc4n3)c2)n1. The van der Waals surface area contributed by atoms with Gasteiger partial charge in [-0.3, -0.25) is 0 Å². The maximum Gasteiger partial charge on any atom is 0.229 e. The Morgan fingerprint density at radius 3 is 2.81 bits per heavy atom. The van der Waals surface area contributed by atoms with E-state index in [1.54, 1.807) is 18.0 Å². The van der Waals surface area contributed by atoms with Crippen LogP contribution in [0, 0.1) is 6.92 Å². The Hall–Kier alpha value is -3.75. The second-order valence-corrected chi connectivity index (χ2v) is 5.86. The zero-order valence-corrected chi connectivity index (χ0v) is 15.1. The van der Waals surface area contributed by atoms with E-state index in [2.05, 4.69) is 35.7 Å². The molecule has 0 saturated heterocycles. The number of nitrogens with zero attached hydrogens (tertiary/aromatic N) is 6. The van der Waals surface area contributed by atoms with Gasteiger partial charge in [0, 0.05) is 36.9 Å². The normalized spacial score (nSPS) is 10.8. The first-order valence-corrected chi connectivity index (χ1v) is 8.30. The summed E-state index contributed by atoms with van der Waals surface area (Å²) >= 11 is 0. The van der Waals surface area contributed by atoms with Crippen LogP contribution in [0.1, 0.15) is 5.69 Å². The number of rotatable bonds is 5. The molecule has 9 nitrogen and oxygen atoms in total. The molecule has 0 saturated carbocycles. The fraction of sp³-hybridized carbons (Fsp3) is 0.167. The topological polar surface area (TPSA) is 103 Å². The predicted octanol–water partition coefficient (Wildman–Crippen LogP) is 2.71. The number of methoxy groups -OCH3 is 1. The quantitative estimate of drug-likeness (QED) is 0.559. The lowest BCUT2D eigenvalue weighted by Gasteiger charge is -2.12. The Bertz CT molecular complexity index is 1070. The number of aryl methyl sites for hydroxylation is 1. The van der Waals surface area contributed by atoms with E-state index in [0.717, 1.165) is 28.3 Å². The van der Waals surface area contributed by atoms with E-state index >= 15 is 0 Å². The van der Waals surface area contributed by atoms with E-state index in [-0.39, 0.29) is 0 Å².